The molecular weight excluding hydrogens is 322 g/mol. The Hall–Kier alpha value is -2.33. The molecule has 3 aromatic rings. The fourth-order valence-electron chi connectivity index (χ4n) is 3.73. The van der Waals surface area contributed by atoms with Gasteiger partial charge in [-0.05, 0) is 54.5 Å². The van der Waals surface area contributed by atoms with Crippen molar-refractivity contribution in [1.29, 1.82) is 0 Å². The van der Waals surface area contributed by atoms with Gasteiger partial charge in [0.15, 0.2) is 0 Å². The van der Waals surface area contributed by atoms with Crippen LogP contribution >= 0.6 is 0 Å². The zero-order valence-corrected chi connectivity index (χ0v) is 15.8. The van der Waals surface area contributed by atoms with Crippen molar-refractivity contribution in [2.45, 2.75) is 58.0 Å². The summed E-state index contributed by atoms with van der Waals surface area (Å²) in [6.45, 7) is 7.48. The Labute approximate surface area is 155 Å². The van der Waals surface area contributed by atoms with Crippen molar-refractivity contribution < 1.29 is 4.42 Å². The third-order valence-electron chi connectivity index (χ3n) is 5.26. The summed E-state index contributed by atoms with van der Waals surface area (Å²) >= 11 is 0. The second kappa shape index (κ2) is 6.76. The van der Waals surface area contributed by atoms with E-state index in [0.717, 1.165) is 30.8 Å². The molecule has 0 spiro atoms. The second-order valence-electron chi connectivity index (χ2n) is 8.16. The minimum atomic E-state index is 0.170. The number of fused-ring (bicyclic) bond motifs is 1. The zero-order valence-electron chi connectivity index (χ0n) is 15.8. The number of nitrogens with zero attached hydrogens (tertiary/aromatic N) is 2. The molecule has 2 heterocycles. The topological polar surface area (TPSA) is 43.0 Å². The van der Waals surface area contributed by atoms with E-state index >= 15 is 0 Å². The molecule has 0 amide bonds. The van der Waals surface area contributed by atoms with Gasteiger partial charge in [0.05, 0.1) is 24.7 Å². The third-order valence-corrected chi connectivity index (χ3v) is 5.26. The molecule has 136 valence electrons. The fraction of sp³-hybridized carbons (Fsp3) is 0.409. The first-order valence-electron chi connectivity index (χ1n) is 9.46. The maximum atomic E-state index is 5.44. The number of nitrogens with one attached hydrogen (secondary N) is 1. The summed E-state index contributed by atoms with van der Waals surface area (Å²) in [7, 11) is 0. The van der Waals surface area contributed by atoms with Crippen LogP contribution in [-0.4, -0.2) is 9.78 Å². The summed E-state index contributed by atoms with van der Waals surface area (Å²) in [5.41, 5.74) is 5.31. The molecule has 1 aromatic carbocycles. The fourth-order valence-corrected chi connectivity index (χ4v) is 3.73. The SMILES string of the molecule is CC(C)(C)c1ccc(-n2ncc3c2CCC[C@H]3NCc2ccco2)cc1. The summed E-state index contributed by atoms with van der Waals surface area (Å²) in [6, 6.07) is 13.1. The van der Waals surface area contributed by atoms with Gasteiger partial charge in [-0.2, -0.15) is 5.10 Å². The summed E-state index contributed by atoms with van der Waals surface area (Å²) in [6.07, 6.45) is 7.15. The Kier molecular flexibility index (Phi) is 4.45. The van der Waals surface area contributed by atoms with Gasteiger partial charge in [0.2, 0.25) is 0 Å². The van der Waals surface area contributed by atoms with Gasteiger partial charge in [0, 0.05) is 17.3 Å². The maximum Gasteiger partial charge on any atom is 0.117 e. The number of aromatic nitrogens is 2. The van der Waals surface area contributed by atoms with Crippen LogP contribution in [0.1, 0.15) is 62.2 Å². The number of furan rings is 1. The molecule has 4 nitrogen and oxygen atoms in total. The molecule has 0 saturated carbocycles. The van der Waals surface area contributed by atoms with E-state index in [1.54, 1.807) is 6.26 Å². The van der Waals surface area contributed by atoms with Crippen LogP contribution in [0.15, 0.2) is 53.3 Å². The van der Waals surface area contributed by atoms with Crippen LogP contribution in [0.2, 0.25) is 0 Å². The van der Waals surface area contributed by atoms with Crippen molar-refractivity contribution in [3.05, 3.63) is 71.4 Å². The van der Waals surface area contributed by atoms with Crippen LogP contribution in [0.25, 0.3) is 5.69 Å². The van der Waals surface area contributed by atoms with Crippen molar-refractivity contribution in [2.24, 2.45) is 0 Å². The van der Waals surface area contributed by atoms with E-state index in [1.807, 2.05) is 18.3 Å². The summed E-state index contributed by atoms with van der Waals surface area (Å²) in [5.74, 6) is 0.974. The first kappa shape index (κ1) is 17.1. The Morgan fingerprint density at radius 3 is 2.69 bits per heavy atom. The molecule has 1 atom stereocenters. The molecule has 1 aliphatic rings. The quantitative estimate of drug-likeness (QED) is 0.726. The average Bonchev–Trinajstić information content (AvgIpc) is 3.29. The van der Waals surface area contributed by atoms with Crippen molar-refractivity contribution in [1.82, 2.24) is 15.1 Å². The van der Waals surface area contributed by atoms with E-state index in [1.165, 1.54) is 23.2 Å². The number of rotatable bonds is 4. The molecule has 0 unspecified atom stereocenters. The third kappa shape index (κ3) is 3.34. The minimum Gasteiger partial charge on any atom is -0.468 e. The molecule has 0 saturated heterocycles. The first-order chi connectivity index (χ1) is 12.5. The normalized spacial score (nSPS) is 17.3. The standard InChI is InChI=1S/C22H27N3O/c1-22(2,3)16-9-11-17(12-10-16)25-21-8-4-7-20(19(21)15-24-25)23-14-18-6-5-13-26-18/h5-6,9-13,15,20,23H,4,7-8,14H2,1-3H3/t20-/m1/s1. The molecule has 0 bridgehead atoms. The van der Waals surface area contributed by atoms with Gasteiger partial charge in [-0.15, -0.1) is 0 Å². The molecule has 1 aliphatic carbocycles. The predicted octanol–water partition coefficient (Wildman–Crippen LogP) is 4.93. The summed E-state index contributed by atoms with van der Waals surface area (Å²) < 4.78 is 7.56. The number of hydrogen-bond acceptors (Lipinski definition) is 3. The van der Waals surface area contributed by atoms with Gasteiger partial charge in [-0.3, -0.25) is 0 Å². The maximum absolute atomic E-state index is 5.44. The van der Waals surface area contributed by atoms with Crippen LogP contribution in [0.4, 0.5) is 0 Å². The van der Waals surface area contributed by atoms with Crippen molar-refractivity contribution >= 4 is 0 Å². The highest BCUT2D eigenvalue weighted by Gasteiger charge is 2.25. The van der Waals surface area contributed by atoms with E-state index < -0.39 is 0 Å². The average molecular weight is 349 g/mol. The number of benzene rings is 1. The van der Waals surface area contributed by atoms with Crippen LogP contribution in [0.5, 0.6) is 0 Å². The van der Waals surface area contributed by atoms with Gasteiger partial charge in [-0.1, -0.05) is 32.9 Å². The van der Waals surface area contributed by atoms with Crippen LogP contribution in [-0.2, 0) is 18.4 Å². The van der Waals surface area contributed by atoms with Gasteiger partial charge in [-0.25, -0.2) is 4.68 Å². The van der Waals surface area contributed by atoms with Crippen LogP contribution in [0.3, 0.4) is 0 Å². The molecule has 0 aliphatic heterocycles. The van der Waals surface area contributed by atoms with E-state index in [9.17, 15) is 0 Å². The minimum absolute atomic E-state index is 0.170. The molecule has 0 radical (unpaired) electrons. The first-order valence-corrected chi connectivity index (χ1v) is 9.46. The predicted molar refractivity (Wildman–Crippen MR) is 103 cm³/mol. The second-order valence-corrected chi connectivity index (χ2v) is 8.16. The van der Waals surface area contributed by atoms with E-state index in [4.69, 9.17) is 9.52 Å². The Morgan fingerprint density at radius 1 is 1.19 bits per heavy atom. The molecule has 0 fully saturated rings. The lowest BCUT2D eigenvalue weighted by molar-refractivity contribution is 0.415. The molecule has 2 aromatic heterocycles. The van der Waals surface area contributed by atoms with Crippen molar-refractivity contribution in [3.8, 4) is 5.69 Å². The smallest absolute Gasteiger partial charge is 0.117 e. The highest BCUT2D eigenvalue weighted by molar-refractivity contribution is 5.40. The highest BCUT2D eigenvalue weighted by Crippen LogP contribution is 2.32. The largest absolute Gasteiger partial charge is 0.468 e. The van der Waals surface area contributed by atoms with E-state index in [0.29, 0.717) is 6.04 Å². The van der Waals surface area contributed by atoms with E-state index in [-0.39, 0.29) is 5.41 Å². The van der Waals surface area contributed by atoms with Crippen LogP contribution in [0, 0.1) is 0 Å². The lowest BCUT2D eigenvalue weighted by atomic mass is 9.87. The lowest BCUT2D eigenvalue weighted by Crippen LogP contribution is -2.24. The lowest BCUT2D eigenvalue weighted by Gasteiger charge is -2.24. The molecular formula is C22H27N3O. The summed E-state index contributed by atoms with van der Waals surface area (Å²) in [5, 5.41) is 8.34. The Morgan fingerprint density at radius 2 is 2.00 bits per heavy atom. The molecule has 26 heavy (non-hydrogen) atoms. The Bertz CT molecular complexity index is 854. The van der Waals surface area contributed by atoms with Gasteiger partial charge >= 0.3 is 0 Å². The monoisotopic (exact) mass is 349 g/mol. The zero-order chi connectivity index (χ0) is 18.1. The van der Waals surface area contributed by atoms with Crippen molar-refractivity contribution in [3.63, 3.8) is 0 Å². The van der Waals surface area contributed by atoms with Gasteiger partial charge < -0.3 is 9.73 Å². The molecule has 1 N–H and O–H groups in total. The summed E-state index contributed by atoms with van der Waals surface area (Å²) in [4.78, 5) is 0. The van der Waals surface area contributed by atoms with Gasteiger partial charge in [0.25, 0.3) is 0 Å². The van der Waals surface area contributed by atoms with E-state index in [2.05, 4.69) is 55.0 Å². The Balaban J connectivity index is 1.56. The van der Waals surface area contributed by atoms with Crippen molar-refractivity contribution in [2.75, 3.05) is 0 Å². The molecule has 4 heteroatoms. The number of hydrogen-bond donors (Lipinski definition) is 1. The van der Waals surface area contributed by atoms with Gasteiger partial charge in [0.1, 0.15) is 5.76 Å². The highest BCUT2D eigenvalue weighted by atomic mass is 16.3. The molecule has 4 rings (SSSR count). The van der Waals surface area contributed by atoms with Crippen LogP contribution < -0.4 is 5.32 Å².